The van der Waals surface area contributed by atoms with E-state index in [2.05, 4.69) is 31.1 Å². The van der Waals surface area contributed by atoms with E-state index in [0.29, 0.717) is 27.8 Å². The van der Waals surface area contributed by atoms with Crippen molar-refractivity contribution in [3.05, 3.63) is 46.0 Å². The van der Waals surface area contributed by atoms with E-state index in [-0.39, 0.29) is 5.89 Å². The van der Waals surface area contributed by atoms with Gasteiger partial charge in [-0.05, 0) is 40.2 Å². The zero-order valence-corrected chi connectivity index (χ0v) is 12.4. The Hall–Kier alpha value is -1.92. The summed E-state index contributed by atoms with van der Waals surface area (Å²) in [5.41, 5.74) is 7.51. The molecule has 0 aliphatic heterocycles. The fraction of sp³-hybridized carbons (Fsp3) is 0. The van der Waals surface area contributed by atoms with Crippen molar-refractivity contribution in [2.24, 2.45) is 0 Å². The monoisotopic (exact) mass is 350 g/mol. The largest absolute Gasteiger partial charge is 0.398 e. The molecule has 0 saturated heterocycles. The molecule has 5 nitrogen and oxygen atoms in total. The zero-order chi connectivity index (χ0) is 14.1. The van der Waals surface area contributed by atoms with Gasteiger partial charge < -0.3 is 10.3 Å². The topological polar surface area (TPSA) is 77.8 Å². The highest BCUT2D eigenvalue weighted by molar-refractivity contribution is 9.10. The number of anilines is 1. The fourth-order valence-electron chi connectivity index (χ4n) is 1.70. The van der Waals surface area contributed by atoms with Crippen LogP contribution in [-0.2, 0) is 0 Å². The first-order valence-corrected chi connectivity index (χ1v) is 6.82. The molecular formula is C13H8BrClN4O. The van der Waals surface area contributed by atoms with Crippen molar-refractivity contribution in [1.82, 2.24) is 15.1 Å². The van der Waals surface area contributed by atoms with Crippen LogP contribution in [0.3, 0.4) is 0 Å². The van der Waals surface area contributed by atoms with E-state index in [1.807, 2.05) is 6.07 Å². The number of rotatable bonds is 2. The van der Waals surface area contributed by atoms with Gasteiger partial charge in [0.1, 0.15) is 5.69 Å². The maximum Gasteiger partial charge on any atom is 0.261 e. The number of hydrogen-bond donors (Lipinski definition) is 1. The van der Waals surface area contributed by atoms with Crippen LogP contribution in [0, 0.1) is 0 Å². The van der Waals surface area contributed by atoms with Crippen molar-refractivity contribution >= 4 is 33.2 Å². The Labute approximate surface area is 127 Å². The lowest BCUT2D eigenvalue weighted by atomic mass is 10.2. The normalized spacial score (nSPS) is 10.7. The summed E-state index contributed by atoms with van der Waals surface area (Å²) < 4.78 is 6.10. The average Bonchev–Trinajstić information content (AvgIpc) is 2.89. The zero-order valence-electron chi connectivity index (χ0n) is 10.0. The Morgan fingerprint density at radius 1 is 1.20 bits per heavy atom. The van der Waals surface area contributed by atoms with Gasteiger partial charge in [0.2, 0.25) is 5.82 Å². The lowest BCUT2D eigenvalue weighted by molar-refractivity contribution is 0.432. The molecule has 20 heavy (non-hydrogen) atoms. The number of nitrogens with two attached hydrogens (primary N) is 1. The van der Waals surface area contributed by atoms with Crippen molar-refractivity contribution in [3.8, 4) is 23.0 Å². The standard InChI is InChI=1S/C13H8BrClN4O/c14-7-4-5-10(17-6-7)12-18-13(20-19-12)11-8(15)2-1-3-9(11)16/h1-6H,16H2. The number of nitrogens with zero attached hydrogens (tertiary/aromatic N) is 3. The predicted octanol–water partition coefficient (Wildman–Crippen LogP) is 3.80. The van der Waals surface area contributed by atoms with Gasteiger partial charge in [0.05, 0.1) is 10.6 Å². The molecule has 1 aromatic carbocycles. The van der Waals surface area contributed by atoms with Crippen LogP contribution < -0.4 is 5.73 Å². The molecule has 100 valence electrons. The second-order valence-electron chi connectivity index (χ2n) is 3.99. The summed E-state index contributed by atoms with van der Waals surface area (Å²) in [6.45, 7) is 0. The van der Waals surface area contributed by atoms with Gasteiger partial charge >= 0.3 is 0 Å². The summed E-state index contributed by atoms with van der Waals surface area (Å²) in [6, 6.07) is 8.84. The molecular weight excluding hydrogens is 344 g/mol. The summed E-state index contributed by atoms with van der Waals surface area (Å²) in [5, 5.41) is 4.36. The van der Waals surface area contributed by atoms with Gasteiger partial charge in [0, 0.05) is 16.4 Å². The van der Waals surface area contributed by atoms with Crippen LogP contribution in [0.15, 0.2) is 45.5 Å². The molecule has 0 fully saturated rings. The average molecular weight is 352 g/mol. The highest BCUT2D eigenvalue weighted by atomic mass is 79.9. The molecule has 0 aliphatic carbocycles. The minimum absolute atomic E-state index is 0.271. The first kappa shape index (κ1) is 13.1. The van der Waals surface area contributed by atoms with Crippen molar-refractivity contribution in [3.63, 3.8) is 0 Å². The number of aromatic nitrogens is 3. The molecule has 2 aromatic heterocycles. The smallest absolute Gasteiger partial charge is 0.261 e. The predicted molar refractivity (Wildman–Crippen MR) is 80.1 cm³/mol. The number of nitrogen functional groups attached to an aromatic ring is 1. The molecule has 0 radical (unpaired) electrons. The molecule has 0 aliphatic rings. The Balaban J connectivity index is 2.04. The van der Waals surface area contributed by atoms with Crippen molar-refractivity contribution < 1.29 is 4.52 Å². The first-order valence-electron chi connectivity index (χ1n) is 5.65. The summed E-state index contributed by atoms with van der Waals surface area (Å²) in [7, 11) is 0. The highest BCUT2D eigenvalue weighted by Gasteiger charge is 2.16. The molecule has 3 rings (SSSR count). The molecule has 0 spiro atoms. The summed E-state index contributed by atoms with van der Waals surface area (Å²) in [5.74, 6) is 0.652. The summed E-state index contributed by atoms with van der Waals surface area (Å²) in [6.07, 6.45) is 1.66. The number of benzene rings is 1. The van der Waals surface area contributed by atoms with Crippen LogP contribution >= 0.6 is 27.5 Å². The van der Waals surface area contributed by atoms with Gasteiger partial charge in [-0.15, -0.1) is 0 Å². The Kier molecular flexibility index (Phi) is 3.42. The molecule has 0 bridgehead atoms. The summed E-state index contributed by atoms with van der Waals surface area (Å²) in [4.78, 5) is 8.49. The van der Waals surface area contributed by atoms with E-state index in [9.17, 15) is 0 Å². The van der Waals surface area contributed by atoms with E-state index in [1.54, 1.807) is 30.5 Å². The van der Waals surface area contributed by atoms with E-state index < -0.39 is 0 Å². The van der Waals surface area contributed by atoms with Gasteiger partial charge in [0.15, 0.2) is 0 Å². The summed E-state index contributed by atoms with van der Waals surface area (Å²) >= 11 is 9.43. The molecule has 0 amide bonds. The third-order valence-electron chi connectivity index (χ3n) is 2.64. The number of halogens is 2. The SMILES string of the molecule is Nc1cccc(Cl)c1-c1nc(-c2ccc(Br)cn2)no1. The van der Waals surface area contributed by atoms with E-state index >= 15 is 0 Å². The van der Waals surface area contributed by atoms with E-state index in [4.69, 9.17) is 21.9 Å². The van der Waals surface area contributed by atoms with Crippen LogP contribution in [0.25, 0.3) is 23.0 Å². The van der Waals surface area contributed by atoms with Crippen LogP contribution in [-0.4, -0.2) is 15.1 Å². The second kappa shape index (κ2) is 5.22. The molecule has 7 heteroatoms. The first-order chi connectivity index (χ1) is 9.65. The van der Waals surface area contributed by atoms with E-state index in [0.717, 1.165) is 4.47 Å². The maximum atomic E-state index is 6.11. The van der Waals surface area contributed by atoms with Crippen molar-refractivity contribution in [1.29, 1.82) is 0 Å². The van der Waals surface area contributed by atoms with Gasteiger partial charge in [-0.1, -0.05) is 22.8 Å². The Bertz CT molecular complexity index is 737. The Morgan fingerprint density at radius 3 is 2.75 bits per heavy atom. The lowest BCUT2D eigenvalue weighted by Crippen LogP contribution is -1.91. The molecule has 2 heterocycles. The van der Waals surface area contributed by atoms with Gasteiger partial charge in [-0.25, -0.2) is 0 Å². The van der Waals surface area contributed by atoms with E-state index in [1.165, 1.54) is 0 Å². The van der Waals surface area contributed by atoms with Crippen molar-refractivity contribution in [2.45, 2.75) is 0 Å². The highest BCUT2D eigenvalue weighted by Crippen LogP contribution is 2.32. The quantitative estimate of drug-likeness (QED) is 0.711. The molecule has 0 atom stereocenters. The number of hydrogen-bond acceptors (Lipinski definition) is 5. The second-order valence-corrected chi connectivity index (χ2v) is 5.31. The third kappa shape index (κ3) is 2.39. The van der Waals surface area contributed by atoms with Crippen LogP contribution in [0.2, 0.25) is 5.02 Å². The fourth-order valence-corrected chi connectivity index (χ4v) is 2.20. The lowest BCUT2D eigenvalue weighted by Gasteiger charge is -2.01. The minimum Gasteiger partial charge on any atom is -0.398 e. The van der Waals surface area contributed by atoms with Gasteiger partial charge in [0.25, 0.3) is 5.89 Å². The molecule has 2 N–H and O–H groups in total. The van der Waals surface area contributed by atoms with Gasteiger partial charge in [-0.3, -0.25) is 4.98 Å². The van der Waals surface area contributed by atoms with Crippen LogP contribution in [0.5, 0.6) is 0 Å². The van der Waals surface area contributed by atoms with Crippen molar-refractivity contribution in [2.75, 3.05) is 5.73 Å². The molecule has 0 unspecified atom stereocenters. The molecule has 3 aromatic rings. The van der Waals surface area contributed by atoms with Crippen LogP contribution in [0.4, 0.5) is 5.69 Å². The third-order valence-corrected chi connectivity index (χ3v) is 3.43. The van der Waals surface area contributed by atoms with Gasteiger partial charge in [-0.2, -0.15) is 4.98 Å². The minimum atomic E-state index is 0.271. The molecule has 0 saturated carbocycles. The van der Waals surface area contributed by atoms with Crippen LogP contribution in [0.1, 0.15) is 0 Å². The maximum absolute atomic E-state index is 6.11. The number of pyridine rings is 1. The Morgan fingerprint density at radius 2 is 2.05 bits per heavy atom.